The molecule has 15 heavy (non-hydrogen) atoms. The molecule has 1 N–H and O–H groups in total. The van der Waals surface area contributed by atoms with Gasteiger partial charge in [-0.25, -0.2) is 0 Å². The van der Waals surface area contributed by atoms with Crippen molar-refractivity contribution in [2.24, 2.45) is 0 Å². The minimum Gasteiger partial charge on any atom is -0.360 e. The molecule has 2 aromatic rings. The first-order chi connectivity index (χ1) is 7.26. The third-order valence-electron chi connectivity index (χ3n) is 2.53. The van der Waals surface area contributed by atoms with Gasteiger partial charge in [0.05, 0.1) is 5.56 Å². The Hall–Kier alpha value is -1.90. The van der Waals surface area contributed by atoms with Crippen molar-refractivity contribution in [2.45, 2.75) is 13.3 Å². The van der Waals surface area contributed by atoms with E-state index in [9.17, 15) is 9.59 Å². The van der Waals surface area contributed by atoms with Crippen LogP contribution < -0.4 is 0 Å². The number of aromatic amines is 1. The fraction of sp³-hybridized carbons (Fsp3) is 0.167. The fourth-order valence-electron chi connectivity index (χ4n) is 1.66. The lowest BCUT2D eigenvalue weighted by Gasteiger charge is -1.97. The van der Waals surface area contributed by atoms with Gasteiger partial charge < -0.3 is 4.98 Å². The highest BCUT2D eigenvalue weighted by atomic mass is 16.2. The van der Waals surface area contributed by atoms with E-state index in [0.717, 1.165) is 22.9 Å². The van der Waals surface area contributed by atoms with Crippen molar-refractivity contribution in [3.63, 3.8) is 0 Å². The Balaban J connectivity index is 2.66. The average Bonchev–Trinajstić information content (AvgIpc) is 2.70. The lowest BCUT2D eigenvalue weighted by atomic mass is 10.1. The molecule has 0 spiro atoms. The molecule has 0 saturated heterocycles. The van der Waals surface area contributed by atoms with Crippen molar-refractivity contribution in [3.05, 3.63) is 35.5 Å². The molecule has 0 radical (unpaired) electrons. The van der Waals surface area contributed by atoms with Gasteiger partial charge in [0.25, 0.3) is 0 Å². The van der Waals surface area contributed by atoms with Crippen LogP contribution in [-0.4, -0.2) is 17.1 Å². The number of carbonyl (C=O) groups is 2. The van der Waals surface area contributed by atoms with Crippen LogP contribution in [0.1, 0.15) is 22.8 Å². The zero-order chi connectivity index (χ0) is 10.8. The SMILES string of the molecule is CCc1ccc2[nH]cc(C(=O)C=O)c2c1. The number of nitrogens with one attached hydrogen (secondary N) is 1. The number of aryl methyl sites for hydroxylation is 1. The summed E-state index contributed by atoms with van der Waals surface area (Å²) in [6.07, 6.45) is 2.85. The van der Waals surface area contributed by atoms with Crippen LogP contribution in [0.2, 0.25) is 0 Å². The molecule has 0 atom stereocenters. The van der Waals surface area contributed by atoms with Crippen molar-refractivity contribution in [1.29, 1.82) is 0 Å². The first kappa shape index (κ1) is 9.65. The second kappa shape index (κ2) is 3.69. The van der Waals surface area contributed by atoms with E-state index in [1.807, 2.05) is 18.2 Å². The average molecular weight is 201 g/mol. The van der Waals surface area contributed by atoms with Crippen molar-refractivity contribution >= 4 is 23.0 Å². The molecule has 0 saturated carbocycles. The minimum atomic E-state index is -0.477. The third kappa shape index (κ3) is 1.56. The van der Waals surface area contributed by atoms with Crippen LogP contribution in [0.25, 0.3) is 10.9 Å². The second-order valence-electron chi connectivity index (χ2n) is 3.42. The van der Waals surface area contributed by atoms with Crippen LogP contribution in [0.15, 0.2) is 24.4 Å². The molecule has 0 bridgehead atoms. The van der Waals surface area contributed by atoms with Gasteiger partial charge in [-0.05, 0) is 24.1 Å². The quantitative estimate of drug-likeness (QED) is 0.469. The van der Waals surface area contributed by atoms with Gasteiger partial charge in [0, 0.05) is 17.1 Å². The van der Waals surface area contributed by atoms with Crippen LogP contribution in [0.4, 0.5) is 0 Å². The van der Waals surface area contributed by atoms with Crippen molar-refractivity contribution in [1.82, 2.24) is 4.98 Å². The predicted octanol–water partition coefficient (Wildman–Crippen LogP) is 2.11. The summed E-state index contributed by atoms with van der Waals surface area (Å²) < 4.78 is 0. The van der Waals surface area contributed by atoms with E-state index in [0.29, 0.717) is 11.8 Å². The fourth-order valence-corrected chi connectivity index (χ4v) is 1.66. The summed E-state index contributed by atoms with van der Waals surface area (Å²) in [6, 6.07) is 5.88. The highest BCUT2D eigenvalue weighted by Gasteiger charge is 2.10. The number of rotatable bonds is 3. The first-order valence-corrected chi connectivity index (χ1v) is 4.85. The maximum absolute atomic E-state index is 11.3. The van der Waals surface area contributed by atoms with Crippen LogP contribution in [-0.2, 0) is 11.2 Å². The molecule has 0 amide bonds. The van der Waals surface area contributed by atoms with Gasteiger partial charge in [-0.2, -0.15) is 0 Å². The molecule has 1 aromatic heterocycles. The molecule has 3 heteroatoms. The number of carbonyl (C=O) groups excluding carboxylic acids is 2. The number of benzene rings is 1. The molecule has 2 rings (SSSR count). The molecule has 0 unspecified atom stereocenters. The summed E-state index contributed by atoms with van der Waals surface area (Å²) in [5.74, 6) is -0.477. The maximum Gasteiger partial charge on any atom is 0.227 e. The molecule has 0 aliphatic carbocycles. The van der Waals surface area contributed by atoms with E-state index in [-0.39, 0.29) is 0 Å². The predicted molar refractivity (Wildman–Crippen MR) is 58.1 cm³/mol. The number of ketones is 1. The van der Waals surface area contributed by atoms with Gasteiger partial charge in [0.1, 0.15) is 0 Å². The van der Waals surface area contributed by atoms with E-state index in [1.165, 1.54) is 0 Å². The van der Waals surface area contributed by atoms with Crippen molar-refractivity contribution in [3.8, 4) is 0 Å². The van der Waals surface area contributed by atoms with Crippen LogP contribution in [0.5, 0.6) is 0 Å². The Morgan fingerprint density at radius 3 is 2.93 bits per heavy atom. The minimum absolute atomic E-state index is 0.348. The van der Waals surface area contributed by atoms with Crippen LogP contribution in [0, 0.1) is 0 Å². The highest BCUT2D eigenvalue weighted by molar-refractivity contribution is 6.36. The van der Waals surface area contributed by atoms with Gasteiger partial charge in [-0.1, -0.05) is 13.0 Å². The number of fused-ring (bicyclic) bond motifs is 1. The Kier molecular flexibility index (Phi) is 2.37. The molecule has 0 fully saturated rings. The molecule has 1 aromatic carbocycles. The molecule has 0 aliphatic heterocycles. The molecule has 0 aliphatic rings. The normalized spacial score (nSPS) is 10.5. The van der Waals surface area contributed by atoms with Gasteiger partial charge >= 0.3 is 0 Å². The van der Waals surface area contributed by atoms with Crippen LogP contribution >= 0.6 is 0 Å². The van der Waals surface area contributed by atoms with Gasteiger partial charge in [0.2, 0.25) is 5.78 Å². The zero-order valence-corrected chi connectivity index (χ0v) is 8.41. The highest BCUT2D eigenvalue weighted by Crippen LogP contribution is 2.20. The molecule has 3 nitrogen and oxygen atoms in total. The van der Waals surface area contributed by atoms with Crippen molar-refractivity contribution in [2.75, 3.05) is 0 Å². The molecule has 76 valence electrons. The summed E-state index contributed by atoms with van der Waals surface area (Å²) in [5.41, 5.74) is 2.50. The lowest BCUT2D eigenvalue weighted by Crippen LogP contribution is -1.98. The number of aromatic nitrogens is 1. The Morgan fingerprint density at radius 1 is 1.47 bits per heavy atom. The van der Waals surface area contributed by atoms with Gasteiger partial charge in [-0.15, -0.1) is 0 Å². The topological polar surface area (TPSA) is 49.9 Å². The Labute approximate surface area is 87.1 Å². The largest absolute Gasteiger partial charge is 0.360 e. The van der Waals surface area contributed by atoms with Gasteiger partial charge in [0.15, 0.2) is 6.29 Å². The Bertz CT molecular complexity index is 525. The monoisotopic (exact) mass is 201 g/mol. The van der Waals surface area contributed by atoms with Crippen LogP contribution in [0.3, 0.4) is 0 Å². The summed E-state index contributed by atoms with van der Waals surface area (Å²) >= 11 is 0. The number of hydrogen-bond acceptors (Lipinski definition) is 2. The number of aldehydes is 1. The molecular weight excluding hydrogens is 190 g/mol. The van der Waals surface area contributed by atoms with E-state index < -0.39 is 5.78 Å². The van der Waals surface area contributed by atoms with Crippen molar-refractivity contribution < 1.29 is 9.59 Å². The van der Waals surface area contributed by atoms with E-state index >= 15 is 0 Å². The third-order valence-corrected chi connectivity index (χ3v) is 2.53. The maximum atomic E-state index is 11.3. The second-order valence-corrected chi connectivity index (χ2v) is 3.42. The van der Waals surface area contributed by atoms with E-state index in [2.05, 4.69) is 11.9 Å². The summed E-state index contributed by atoms with van der Waals surface area (Å²) in [4.78, 5) is 24.7. The zero-order valence-electron chi connectivity index (χ0n) is 8.41. The number of hydrogen-bond donors (Lipinski definition) is 1. The summed E-state index contributed by atoms with van der Waals surface area (Å²) in [7, 11) is 0. The lowest BCUT2D eigenvalue weighted by molar-refractivity contribution is -0.104. The standard InChI is InChI=1S/C12H11NO2/c1-2-8-3-4-11-9(5-8)10(6-13-11)12(15)7-14/h3-7,13H,2H2,1H3. The summed E-state index contributed by atoms with van der Waals surface area (Å²) in [6.45, 7) is 2.05. The van der Waals surface area contributed by atoms with Gasteiger partial charge in [-0.3, -0.25) is 9.59 Å². The van der Waals surface area contributed by atoms with E-state index in [4.69, 9.17) is 0 Å². The first-order valence-electron chi connectivity index (χ1n) is 4.85. The van der Waals surface area contributed by atoms with E-state index in [1.54, 1.807) is 6.20 Å². The number of Topliss-reactive ketones (excluding diaryl/α,β-unsaturated/α-hetero) is 1. The Morgan fingerprint density at radius 2 is 2.27 bits per heavy atom. The smallest absolute Gasteiger partial charge is 0.227 e. The number of H-pyrrole nitrogens is 1. The summed E-state index contributed by atoms with van der Waals surface area (Å²) in [5, 5.41) is 0.825. The molecular formula is C12H11NO2. The molecule has 1 heterocycles.